The van der Waals surface area contributed by atoms with Crippen LogP contribution in [0.1, 0.15) is 58.9 Å². The van der Waals surface area contributed by atoms with Crippen LogP contribution in [0, 0.1) is 5.82 Å². The summed E-state index contributed by atoms with van der Waals surface area (Å²) in [6.07, 6.45) is -8.89. The molecule has 180 valence electrons. The highest BCUT2D eigenvalue weighted by Crippen LogP contribution is 2.42. The first-order chi connectivity index (χ1) is 15.9. The van der Waals surface area contributed by atoms with E-state index in [4.69, 9.17) is 4.74 Å². The van der Waals surface area contributed by atoms with Crippen molar-refractivity contribution < 1.29 is 35.5 Å². The van der Waals surface area contributed by atoms with E-state index in [1.165, 1.54) is 19.1 Å². The maximum atomic E-state index is 13.5. The molecule has 1 aliphatic rings. The zero-order chi connectivity index (χ0) is 24.7. The number of halogens is 7. The predicted molar refractivity (Wildman–Crippen MR) is 111 cm³/mol. The van der Waals surface area contributed by atoms with Gasteiger partial charge in [0.2, 0.25) is 0 Å². The smallest absolute Gasteiger partial charge is 0.370 e. The first-order valence-electron chi connectivity index (χ1n) is 10.6. The third kappa shape index (κ3) is 5.09. The molecule has 0 spiro atoms. The van der Waals surface area contributed by atoms with Gasteiger partial charge < -0.3 is 4.74 Å². The predicted octanol–water partition coefficient (Wildman–Crippen LogP) is 7.48. The number of pyridine rings is 1. The molecule has 0 bridgehead atoms. The number of hydrogen-bond acceptors (Lipinski definition) is 2. The fourth-order valence-corrected chi connectivity index (χ4v) is 4.35. The molecule has 0 N–H and O–H groups in total. The van der Waals surface area contributed by atoms with Gasteiger partial charge in [-0.15, -0.1) is 0 Å². The number of rotatable bonds is 4. The summed E-state index contributed by atoms with van der Waals surface area (Å²) in [4.78, 5) is 4.38. The first kappa shape index (κ1) is 24.2. The van der Waals surface area contributed by atoms with Crippen LogP contribution in [-0.4, -0.2) is 11.1 Å². The van der Waals surface area contributed by atoms with Gasteiger partial charge in [0.15, 0.2) is 0 Å². The largest absolute Gasteiger partial charge is 0.416 e. The Hall–Kier alpha value is -2.94. The summed E-state index contributed by atoms with van der Waals surface area (Å²) in [6, 6.07) is 10.8. The maximum absolute atomic E-state index is 13.5. The fourth-order valence-electron chi connectivity index (χ4n) is 4.35. The minimum absolute atomic E-state index is 0.0973. The Bertz CT molecular complexity index is 1120. The SMILES string of the molecule is C[C@H](OC1CCc2ncccc2[C@H]1c1ccc(F)cc1)c1cc(C(F)(F)F)cc(C(F)(F)F)c1. The van der Waals surface area contributed by atoms with E-state index in [9.17, 15) is 30.7 Å². The average molecular weight is 483 g/mol. The Morgan fingerprint density at radius 2 is 1.53 bits per heavy atom. The quantitative estimate of drug-likeness (QED) is 0.359. The molecule has 0 amide bonds. The number of alkyl halides is 6. The van der Waals surface area contributed by atoms with Gasteiger partial charge in [-0.1, -0.05) is 18.2 Å². The summed E-state index contributed by atoms with van der Waals surface area (Å²) in [7, 11) is 0. The van der Waals surface area contributed by atoms with Gasteiger partial charge in [0.05, 0.1) is 23.3 Å². The van der Waals surface area contributed by atoms with Crippen molar-refractivity contribution in [2.45, 2.75) is 50.2 Å². The zero-order valence-corrected chi connectivity index (χ0v) is 17.9. The van der Waals surface area contributed by atoms with Crippen molar-refractivity contribution in [2.75, 3.05) is 0 Å². The Labute approximate surface area is 191 Å². The first-order valence-corrected chi connectivity index (χ1v) is 10.6. The molecule has 3 aromatic rings. The molecule has 4 rings (SSSR count). The molecule has 0 fully saturated rings. The lowest BCUT2D eigenvalue weighted by Crippen LogP contribution is -2.30. The molecule has 2 aromatic carbocycles. The van der Waals surface area contributed by atoms with Gasteiger partial charge in [0, 0.05) is 17.8 Å². The van der Waals surface area contributed by atoms with Gasteiger partial charge in [-0.3, -0.25) is 4.98 Å². The highest BCUT2D eigenvalue weighted by atomic mass is 19.4. The molecule has 0 radical (unpaired) electrons. The fraction of sp³-hybridized carbons (Fsp3) is 0.320. The molecule has 1 aromatic heterocycles. The molecule has 1 aliphatic carbocycles. The number of hydrogen-bond donors (Lipinski definition) is 0. The molecule has 9 heteroatoms. The molecule has 0 saturated heterocycles. The standard InChI is InChI=1S/C25H20F7NO/c1-14(16-11-17(24(27,28)29)13-18(12-16)25(30,31)32)34-22-9-8-21-20(3-2-10-33-21)23(22)15-4-6-19(26)7-5-15/h2-7,10-14,22-23H,8-9H2,1H3/t14-,22?,23+/m0/s1. The number of fused-ring (bicyclic) bond motifs is 1. The molecule has 2 nitrogen and oxygen atoms in total. The summed E-state index contributed by atoms with van der Waals surface area (Å²) in [6.45, 7) is 1.43. The zero-order valence-electron chi connectivity index (χ0n) is 17.9. The molecule has 34 heavy (non-hydrogen) atoms. The number of nitrogens with zero attached hydrogens (tertiary/aromatic N) is 1. The molecule has 0 saturated carbocycles. The number of benzene rings is 2. The van der Waals surface area contributed by atoms with Gasteiger partial charge in [-0.25, -0.2) is 4.39 Å². The van der Waals surface area contributed by atoms with E-state index < -0.39 is 47.4 Å². The minimum atomic E-state index is -4.94. The van der Waals surface area contributed by atoms with E-state index in [1.807, 2.05) is 6.07 Å². The maximum Gasteiger partial charge on any atom is 0.416 e. The van der Waals surface area contributed by atoms with E-state index >= 15 is 0 Å². The summed E-state index contributed by atoms with van der Waals surface area (Å²) < 4.78 is 99.4. The van der Waals surface area contributed by atoms with Gasteiger partial charge >= 0.3 is 12.4 Å². The Morgan fingerprint density at radius 3 is 2.12 bits per heavy atom. The second kappa shape index (κ2) is 9.02. The average Bonchev–Trinajstić information content (AvgIpc) is 2.78. The van der Waals surface area contributed by atoms with E-state index in [0.717, 1.165) is 11.3 Å². The second-order valence-corrected chi connectivity index (χ2v) is 8.26. The summed E-state index contributed by atoms with van der Waals surface area (Å²) >= 11 is 0. The van der Waals surface area contributed by atoms with Crippen molar-refractivity contribution in [3.63, 3.8) is 0 Å². The van der Waals surface area contributed by atoms with Gasteiger partial charge in [0.1, 0.15) is 5.82 Å². The third-order valence-corrected chi connectivity index (χ3v) is 5.99. The Balaban J connectivity index is 1.70. The lowest BCUT2D eigenvalue weighted by molar-refractivity contribution is -0.143. The third-order valence-electron chi connectivity index (χ3n) is 5.99. The minimum Gasteiger partial charge on any atom is -0.370 e. The van der Waals surface area contributed by atoms with Crippen LogP contribution in [-0.2, 0) is 23.5 Å². The molecule has 1 unspecified atom stereocenters. The summed E-state index contributed by atoms with van der Waals surface area (Å²) in [5.41, 5.74) is -0.632. The van der Waals surface area contributed by atoms with E-state index in [-0.39, 0.29) is 11.6 Å². The van der Waals surface area contributed by atoms with Crippen LogP contribution in [0.15, 0.2) is 60.8 Å². The molecular formula is C25H20F7NO. The second-order valence-electron chi connectivity index (χ2n) is 8.26. The topological polar surface area (TPSA) is 22.1 Å². The van der Waals surface area contributed by atoms with Crippen LogP contribution in [0.2, 0.25) is 0 Å². The molecule has 3 atom stereocenters. The number of aromatic nitrogens is 1. The highest BCUT2D eigenvalue weighted by molar-refractivity contribution is 5.39. The highest BCUT2D eigenvalue weighted by Gasteiger charge is 2.38. The lowest BCUT2D eigenvalue weighted by atomic mass is 9.78. The van der Waals surface area contributed by atoms with Crippen LogP contribution >= 0.6 is 0 Å². The van der Waals surface area contributed by atoms with Crippen LogP contribution in [0.25, 0.3) is 0 Å². The molecule has 0 aliphatic heterocycles. The van der Waals surface area contributed by atoms with Crippen molar-refractivity contribution in [1.82, 2.24) is 4.98 Å². The van der Waals surface area contributed by atoms with Crippen molar-refractivity contribution in [1.29, 1.82) is 0 Å². The Kier molecular flexibility index (Phi) is 6.42. The molecule has 1 heterocycles. The van der Waals surface area contributed by atoms with Gasteiger partial charge in [0.25, 0.3) is 0 Å². The number of ether oxygens (including phenoxy) is 1. The van der Waals surface area contributed by atoms with Gasteiger partial charge in [-0.2, -0.15) is 26.3 Å². The van der Waals surface area contributed by atoms with Crippen LogP contribution < -0.4 is 0 Å². The van der Waals surface area contributed by atoms with E-state index in [2.05, 4.69) is 4.98 Å². The van der Waals surface area contributed by atoms with E-state index in [0.29, 0.717) is 30.5 Å². The molecular weight excluding hydrogens is 463 g/mol. The summed E-state index contributed by atoms with van der Waals surface area (Å²) in [5, 5.41) is 0. The van der Waals surface area contributed by atoms with Gasteiger partial charge in [-0.05, 0) is 72.9 Å². The van der Waals surface area contributed by atoms with Crippen LogP contribution in [0.3, 0.4) is 0 Å². The lowest BCUT2D eigenvalue weighted by Gasteiger charge is -2.35. The normalized spacial score (nSPS) is 19.5. The van der Waals surface area contributed by atoms with Crippen molar-refractivity contribution >= 4 is 0 Å². The van der Waals surface area contributed by atoms with Crippen LogP contribution in [0.4, 0.5) is 30.7 Å². The number of aryl methyl sites for hydroxylation is 1. The Morgan fingerprint density at radius 1 is 0.912 bits per heavy atom. The van der Waals surface area contributed by atoms with Crippen molar-refractivity contribution in [3.05, 3.63) is 100 Å². The monoisotopic (exact) mass is 483 g/mol. The van der Waals surface area contributed by atoms with Crippen molar-refractivity contribution in [3.8, 4) is 0 Å². The van der Waals surface area contributed by atoms with Crippen LogP contribution in [0.5, 0.6) is 0 Å². The van der Waals surface area contributed by atoms with Crippen molar-refractivity contribution in [2.24, 2.45) is 0 Å². The van der Waals surface area contributed by atoms with E-state index in [1.54, 1.807) is 24.4 Å². The summed E-state index contributed by atoms with van der Waals surface area (Å²) in [5.74, 6) is -0.839.